The summed E-state index contributed by atoms with van der Waals surface area (Å²) in [7, 11) is 0. The van der Waals surface area contributed by atoms with Crippen LogP contribution in [0, 0.1) is 0 Å². The number of fused-ring (bicyclic) bond motifs is 13. The first kappa shape index (κ1) is 32.7. The first-order valence-electron chi connectivity index (χ1n) is 20.6. The van der Waals surface area contributed by atoms with Crippen molar-refractivity contribution in [2.45, 2.75) is 5.41 Å². The Morgan fingerprint density at radius 3 is 1.68 bits per heavy atom. The minimum atomic E-state index is -0.549. The molecule has 0 atom stereocenters. The highest BCUT2D eigenvalue weighted by molar-refractivity contribution is 6.99. The number of rotatable bonds is 3. The molecule has 0 unspecified atom stereocenters. The zero-order chi connectivity index (χ0) is 38.7. The highest BCUT2D eigenvalue weighted by Crippen LogP contribution is 2.49. The van der Waals surface area contributed by atoms with Gasteiger partial charge in [-0.05, 0) is 81.7 Å². The maximum Gasteiger partial charge on any atom is 0.247 e. The number of nitrogens with zero attached hydrogens (tertiary/aromatic N) is 3. The number of aromatic nitrogens is 2. The molecule has 1 spiro atoms. The zero-order valence-electron chi connectivity index (χ0n) is 32.2. The van der Waals surface area contributed by atoms with Crippen LogP contribution in [0.3, 0.4) is 0 Å². The van der Waals surface area contributed by atoms with Gasteiger partial charge >= 0.3 is 0 Å². The van der Waals surface area contributed by atoms with Crippen LogP contribution >= 0.6 is 0 Å². The Labute approximate surface area is 344 Å². The smallest absolute Gasteiger partial charge is 0.247 e. The number of anilines is 3. The summed E-state index contributed by atoms with van der Waals surface area (Å²) in [5, 5.41) is 2.50. The van der Waals surface area contributed by atoms with E-state index < -0.39 is 5.41 Å². The standard InChI is InChI=1S/C54H35B2N3/c1-2-15-37(16-3-1)59-50-27-13-11-25-48(50)56-47-24-10-7-20-43(47)54(44-21-14-28-51(59)53(44)56)41-18-5-8-22-45(41)55(46-23-9-6-19-42(46)54)36-29-30-40-39-17-4-12-26-49(39)58(52(40)35-36)38-31-33-57-34-32-38/h1-35H. The first-order valence-corrected chi connectivity index (χ1v) is 20.6. The van der Waals surface area contributed by atoms with E-state index in [0.29, 0.717) is 0 Å². The molecule has 0 saturated heterocycles. The van der Waals surface area contributed by atoms with Gasteiger partial charge in [-0.15, -0.1) is 0 Å². The van der Waals surface area contributed by atoms with Gasteiger partial charge in [-0.25, -0.2) is 0 Å². The molecular formula is C54H35B2N3. The lowest BCUT2D eigenvalue weighted by molar-refractivity contribution is 0.757. The fourth-order valence-corrected chi connectivity index (χ4v) is 11.4. The van der Waals surface area contributed by atoms with E-state index in [1.165, 1.54) is 93.9 Å². The number of hydrogen-bond acceptors (Lipinski definition) is 2. The van der Waals surface area contributed by atoms with Gasteiger partial charge in [0.05, 0.1) is 16.4 Å². The van der Waals surface area contributed by atoms with Crippen molar-refractivity contribution >= 4 is 85.1 Å². The molecule has 0 bridgehead atoms. The lowest BCUT2D eigenvalue weighted by atomic mass is 9.25. The third-order valence-corrected chi connectivity index (χ3v) is 13.5. The molecule has 3 aliphatic heterocycles. The lowest BCUT2D eigenvalue weighted by Crippen LogP contribution is -2.69. The van der Waals surface area contributed by atoms with Gasteiger partial charge in [0.25, 0.3) is 0 Å². The van der Waals surface area contributed by atoms with E-state index in [0.717, 1.165) is 5.69 Å². The third-order valence-electron chi connectivity index (χ3n) is 13.5. The molecular weight excluding hydrogens is 712 g/mol. The maximum absolute atomic E-state index is 4.36. The number of hydrogen-bond donors (Lipinski definition) is 0. The molecule has 0 N–H and O–H groups in total. The summed E-state index contributed by atoms with van der Waals surface area (Å²) in [4.78, 5) is 6.86. The van der Waals surface area contributed by atoms with E-state index in [9.17, 15) is 0 Å². The molecule has 10 aromatic rings. The van der Waals surface area contributed by atoms with Crippen molar-refractivity contribution in [1.82, 2.24) is 9.55 Å². The first-order chi connectivity index (χ1) is 29.3. The third kappa shape index (κ3) is 4.31. The van der Waals surface area contributed by atoms with E-state index in [2.05, 4.69) is 215 Å². The van der Waals surface area contributed by atoms with Gasteiger partial charge in [0.15, 0.2) is 0 Å². The predicted molar refractivity (Wildman–Crippen MR) is 247 cm³/mol. The lowest BCUT2D eigenvalue weighted by Gasteiger charge is -2.51. The summed E-state index contributed by atoms with van der Waals surface area (Å²) < 4.78 is 2.40. The normalized spacial score (nSPS) is 14.1. The molecule has 0 aliphatic carbocycles. The Balaban J connectivity index is 1.11. The highest BCUT2D eigenvalue weighted by atomic mass is 15.1. The average Bonchev–Trinajstić information content (AvgIpc) is 3.64. The molecule has 0 radical (unpaired) electrons. The quantitative estimate of drug-likeness (QED) is 0.171. The fourth-order valence-electron chi connectivity index (χ4n) is 11.4. The van der Waals surface area contributed by atoms with Gasteiger partial charge in [0.2, 0.25) is 13.4 Å². The highest BCUT2D eigenvalue weighted by Gasteiger charge is 2.55. The van der Waals surface area contributed by atoms with Gasteiger partial charge < -0.3 is 9.47 Å². The monoisotopic (exact) mass is 747 g/mol. The van der Waals surface area contributed by atoms with E-state index in [1.807, 2.05) is 12.4 Å². The minimum absolute atomic E-state index is 0.0206. The molecule has 0 amide bonds. The molecule has 3 nitrogen and oxygen atoms in total. The molecule has 0 fully saturated rings. The Morgan fingerprint density at radius 1 is 0.390 bits per heavy atom. The molecule has 272 valence electrons. The van der Waals surface area contributed by atoms with Crippen LogP contribution in [0.25, 0.3) is 27.5 Å². The van der Waals surface area contributed by atoms with E-state index in [1.54, 1.807) is 0 Å². The molecule has 2 aromatic heterocycles. The number of pyridine rings is 1. The van der Waals surface area contributed by atoms with Crippen LogP contribution in [0.2, 0.25) is 0 Å². The molecule has 5 heteroatoms. The molecule has 0 saturated carbocycles. The van der Waals surface area contributed by atoms with Crippen molar-refractivity contribution < 1.29 is 0 Å². The van der Waals surface area contributed by atoms with Crippen LogP contribution in [0.1, 0.15) is 22.3 Å². The van der Waals surface area contributed by atoms with Crippen LogP contribution in [-0.2, 0) is 5.41 Å². The number of benzene rings is 8. The molecule has 59 heavy (non-hydrogen) atoms. The zero-order valence-corrected chi connectivity index (χ0v) is 32.2. The van der Waals surface area contributed by atoms with Crippen molar-refractivity contribution in [2.24, 2.45) is 0 Å². The Bertz CT molecular complexity index is 3270. The SMILES string of the molecule is c1ccc(N2c3ccccc3B3c4ccccc4C4(c5ccccc5B(c5ccc6c7ccccc7n(-c7ccncc7)c6c5)c5ccccc54)c4cccc2c43)cc1. The second kappa shape index (κ2) is 12.3. The maximum atomic E-state index is 4.36. The summed E-state index contributed by atoms with van der Waals surface area (Å²) in [5.74, 6) is 0. The number of para-hydroxylation sites is 3. The van der Waals surface area contributed by atoms with Crippen molar-refractivity contribution in [1.29, 1.82) is 0 Å². The topological polar surface area (TPSA) is 21.1 Å². The van der Waals surface area contributed by atoms with Gasteiger partial charge in [-0.2, -0.15) is 0 Å². The summed E-state index contributed by atoms with van der Waals surface area (Å²) in [6.07, 6.45) is 3.78. The van der Waals surface area contributed by atoms with Gasteiger partial charge in [0.1, 0.15) is 0 Å². The minimum Gasteiger partial charge on any atom is -0.312 e. The summed E-state index contributed by atoms with van der Waals surface area (Å²) in [5.41, 5.74) is 20.1. The Kier molecular flexibility index (Phi) is 6.83. The van der Waals surface area contributed by atoms with Gasteiger partial charge in [-0.3, -0.25) is 4.98 Å². The van der Waals surface area contributed by atoms with E-state index in [4.69, 9.17) is 0 Å². The molecule has 5 heterocycles. The van der Waals surface area contributed by atoms with Gasteiger partial charge in [-0.1, -0.05) is 174 Å². The molecule has 3 aliphatic rings. The second-order valence-corrected chi connectivity index (χ2v) is 16.2. The Morgan fingerprint density at radius 2 is 0.949 bits per heavy atom. The Hall–Kier alpha value is -7.36. The van der Waals surface area contributed by atoms with Crippen LogP contribution < -0.4 is 37.7 Å². The van der Waals surface area contributed by atoms with Crippen molar-refractivity contribution in [2.75, 3.05) is 4.90 Å². The van der Waals surface area contributed by atoms with Crippen LogP contribution in [0.15, 0.2) is 213 Å². The van der Waals surface area contributed by atoms with Crippen LogP contribution in [-0.4, -0.2) is 23.0 Å². The van der Waals surface area contributed by atoms with Crippen molar-refractivity contribution in [3.63, 3.8) is 0 Å². The second-order valence-electron chi connectivity index (χ2n) is 16.2. The molecule has 8 aromatic carbocycles. The summed E-state index contributed by atoms with van der Waals surface area (Å²) in [6, 6.07) is 75.1. The van der Waals surface area contributed by atoms with Crippen LogP contribution in [0.5, 0.6) is 0 Å². The summed E-state index contributed by atoms with van der Waals surface area (Å²) in [6.45, 7) is 0.112. The average molecular weight is 748 g/mol. The predicted octanol–water partition coefficient (Wildman–Crippen LogP) is 8.00. The fraction of sp³-hybridized carbons (Fsp3) is 0.0185. The van der Waals surface area contributed by atoms with E-state index >= 15 is 0 Å². The summed E-state index contributed by atoms with van der Waals surface area (Å²) >= 11 is 0. The molecule has 13 rings (SSSR count). The van der Waals surface area contributed by atoms with Crippen molar-refractivity contribution in [3.8, 4) is 5.69 Å². The van der Waals surface area contributed by atoms with Gasteiger partial charge in [0, 0.05) is 45.9 Å². The largest absolute Gasteiger partial charge is 0.312 e. The van der Waals surface area contributed by atoms with E-state index in [-0.39, 0.29) is 13.4 Å². The van der Waals surface area contributed by atoms with Crippen LogP contribution in [0.4, 0.5) is 17.1 Å². The van der Waals surface area contributed by atoms with Crippen molar-refractivity contribution in [3.05, 3.63) is 235 Å².